The van der Waals surface area contributed by atoms with Crippen LogP contribution in [-0.4, -0.2) is 78.6 Å². The van der Waals surface area contributed by atoms with Crippen LogP contribution in [-0.2, 0) is 14.3 Å². The van der Waals surface area contributed by atoms with Crippen LogP contribution in [0.5, 0.6) is 0 Å². The third kappa shape index (κ3) is 4.60. The molecule has 2 saturated heterocycles. The van der Waals surface area contributed by atoms with Crippen LogP contribution in [0.2, 0.25) is 0 Å². The molecule has 8 heteroatoms. The lowest BCUT2D eigenvalue weighted by atomic mass is 9.96. The smallest absolute Gasteiger partial charge is 0.325 e. The molecule has 0 radical (unpaired) electrons. The van der Waals surface area contributed by atoms with Gasteiger partial charge in [-0.3, -0.25) is 19.4 Å². The van der Waals surface area contributed by atoms with E-state index in [1.165, 1.54) is 0 Å². The molecule has 3 fully saturated rings. The summed E-state index contributed by atoms with van der Waals surface area (Å²) in [6, 6.07) is -0.228. The zero-order chi connectivity index (χ0) is 19.6. The standard InChI is InChI=1S/C19H32N4O4/c1-13(2)10-15(22-6-8-27-9-7-22)11-20-16(24)12-23-17(25)19(3,14-4-5-14)21-18(23)26/h13-15H,4-12H2,1-3H3,(H,20,24)(H,21,26). The van der Waals surface area contributed by atoms with Gasteiger partial charge in [0.05, 0.1) is 13.2 Å². The Morgan fingerprint density at radius 1 is 1.30 bits per heavy atom. The van der Waals surface area contributed by atoms with Crippen LogP contribution in [0, 0.1) is 11.8 Å². The third-order valence-corrected chi connectivity index (χ3v) is 5.84. The molecule has 1 aliphatic carbocycles. The van der Waals surface area contributed by atoms with Crippen LogP contribution in [0.3, 0.4) is 0 Å². The van der Waals surface area contributed by atoms with E-state index < -0.39 is 11.6 Å². The Bertz CT molecular complexity index is 586. The number of imide groups is 1. The maximum Gasteiger partial charge on any atom is 0.325 e. The van der Waals surface area contributed by atoms with Gasteiger partial charge in [-0.1, -0.05) is 13.8 Å². The molecule has 0 spiro atoms. The molecule has 0 aromatic carbocycles. The fourth-order valence-corrected chi connectivity index (χ4v) is 4.08. The van der Waals surface area contributed by atoms with E-state index in [1.807, 2.05) is 0 Å². The average Bonchev–Trinajstić information content (AvgIpc) is 3.45. The predicted molar refractivity (Wildman–Crippen MR) is 100 cm³/mol. The lowest BCUT2D eigenvalue weighted by Crippen LogP contribution is -2.51. The first-order valence-electron chi connectivity index (χ1n) is 10.0. The summed E-state index contributed by atoms with van der Waals surface area (Å²) in [6.07, 6.45) is 2.86. The van der Waals surface area contributed by atoms with Crippen LogP contribution in [0.1, 0.15) is 40.0 Å². The Balaban J connectivity index is 1.53. The Hall–Kier alpha value is -1.67. The SMILES string of the molecule is CC(C)CC(CNC(=O)CN1C(=O)NC(C)(C2CC2)C1=O)N1CCOCC1. The van der Waals surface area contributed by atoms with E-state index >= 15 is 0 Å². The minimum atomic E-state index is -0.842. The number of hydrogen-bond acceptors (Lipinski definition) is 5. The Morgan fingerprint density at radius 3 is 2.56 bits per heavy atom. The van der Waals surface area contributed by atoms with Gasteiger partial charge in [-0.15, -0.1) is 0 Å². The number of hydrogen-bond donors (Lipinski definition) is 2. The highest BCUT2D eigenvalue weighted by Gasteiger charge is 2.56. The van der Waals surface area contributed by atoms with Crippen LogP contribution in [0.15, 0.2) is 0 Å². The molecule has 0 aromatic rings. The van der Waals surface area contributed by atoms with Crippen LogP contribution < -0.4 is 10.6 Å². The Kier molecular flexibility index (Phi) is 6.05. The average molecular weight is 380 g/mol. The van der Waals surface area contributed by atoms with Gasteiger partial charge >= 0.3 is 6.03 Å². The Labute approximate surface area is 161 Å². The molecule has 27 heavy (non-hydrogen) atoms. The van der Waals surface area contributed by atoms with Gasteiger partial charge in [0.25, 0.3) is 5.91 Å². The number of urea groups is 1. The first kappa shape index (κ1) is 20.1. The van der Waals surface area contributed by atoms with Gasteiger partial charge in [-0.2, -0.15) is 0 Å². The number of amides is 4. The van der Waals surface area contributed by atoms with Crippen molar-refractivity contribution in [3.63, 3.8) is 0 Å². The molecule has 1 saturated carbocycles. The summed E-state index contributed by atoms with van der Waals surface area (Å²) in [5, 5.41) is 5.71. The topological polar surface area (TPSA) is 91.0 Å². The molecule has 2 unspecified atom stereocenters. The highest BCUT2D eigenvalue weighted by molar-refractivity contribution is 6.09. The zero-order valence-corrected chi connectivity index (χ0v) is 16.6. The predicted octanol–water partition coefficient (Wildman–Crippen LogP) is 0.570. The van der Waals surface area contributed by atoms with Gasteiger partial charge < -0.3 is 15.4 Å². The molecular formula is C19H32N4O4. The summed E-state index contributed by atoms with van der Waals surface area (Å²) in [4.78, 5) is 40.7. The van der Waals surface area contributed by atoms with Gasteiger partial charge in [0.2, 0.25) is 5.91 Å². The molecule has 3 rings (SSSR count). The van der Waals surface area contributed by atoms with Crippen molar-refractivity contribution in [3.8, 4) is 0 Å². The number of carbonyl (C=O) groups excluding carboxylic acids is 3. The third-order valence-electron chi connectivity index (χ3n) is 5.84. The molecular weight excluding hydrogens is 348 g/mol. The molecule has 2 N–H and O–H groups in total. The summed E-state index contributed by atoms with van der Waals surface area (Å²) in [7, 11) is 0. The summed E-state index contributed by atoms with van der Waals surface area (Å²) < 4.78 is 5.42. The number of nitrogens with one attached hydrogen (secondary N) is 2. The van der Waals surface area contributed by atoms with Crippen LogP contribution >= 0.6 is 0 Å². The first-order chi connectivity index (χ1) is 12.8. The maximum atomic E-state index is 12.6. The van der Waals surface area contributed by atoms with Crippen molar-refractivity contribution in [1.29, 1.82) is 0 Å². The van der Waals surface area contributed by atoms with E-state index in [0.29, 0.717) is 25.7 Å². The van der Waals surface area contributed by atoms with Crippen LogP contribution in [0.25, 0.3) is 0 Å². The van der Waals surface area contributed by atoms with E-state index in [4.69, 9.17) is 4.74 Å². The number of morpholine rings is 1. The largest absolute Gasteiger partial charge is 0.379 e. The lowest BCUT2D eigenvalue weighted by Gasteiger charge is -2.35. The highest BCUT2D eigenvalue weighted by atomic mass is 16.5. The van der Waals surface area contributed by atoms with Crippen molar-refractivity contribution in [3.05, 3.63) is 0 Å². The molecule has 4 amide bonds. The molecule has 2 heterocycles. The van der Waals surface area contributed by atoms with Crippen LogP contribution in [0.4, 0.5) is 4.79 Å². The number of carbonyl (C=O) groups is 3. The molecule has 2 atom stereocenters. The van der Waals surface area contributed by atoms with Crippen molar-refractivity contribution < 1.29 is 19.1 Å². The fourth-order valence-electron chi connectivity index (χ4n) is 4.08. The summed E-state index contributed by atoms with van der Waals surface area (Å²) in [5.41, 5.74) is -0.842. The Morgan fingerprint density at radius 2 is 1.96 bits per heavy atom. The highest BCUT2D eigenvalue weighted by Crippen LogP contribution is 2.42. The lowest BCUT2D eigenvalue weighted by molar-refractivity contribution is -0.135. The molecule has 0 bridgehead atoms. The summed E-state index contributed by atoms with van der Waals surface area (Å²) in [6.45, 7) is 9.54. The second-order valence-electron chi connectivity index (χ2n) is 8.53. The molecule has 2 aliphatic heterocycles. The fraction of sp³-hybridized carbons (Fsp3) is 0.842. The quantitative estimate of drug-likeness (QED) is 0.601. The van der Waals surface area contributed by atoms with Crippen molar-refractivity contribution in [2.75, 3.05) is 39.4 Å². The van der Waals surface area contributed by atoms with Gasteiger partial charge in [0.15, 0.2) is 0 Å². The molecule has 8 nitrogen and oxygen atoms in total. The maximum absolute atomic E-state index is 12.6. The zero-order valence-electron chi connectivity index (χ0n) is 16.6. The van der Waals surface area contributed by atoms with Gasteiger partial charge in [-0.25, -0.2) is 4.79 Å². The van der Waals surface area contributed by atoms with Crippen molar-refractivity contribution >= 4 is 17.8 Å². The second-order valence-corrected chi connectivity index (χ2v) is 8.53. The second kappa shape index (κ2) is 8.14. The summed E-state index contributed by atoms with van der Waals surface area (Å²) in [5.74, 6) is 0.135. The van der Waals surface area contributed by atoms with Gasteiger partial charge in [0, 0.05) is 25.7 Å². The first-order valence-corrected chi connectivity index (χ1v) is 10.0. The minimum Gasteiger partial charge on any atom is -0.379 e. The van der Waals surface area contributed by atoms with E-state index in [2.05, 4.69) is 29.4 Å². The van der Waals surface area contributed by atoms with E-state index in [9.17, 15) is 14.4 Å². The van der Waals surface area contributed by atoms with E-state index in [0.717, 1.165) is 37.3 Å². The number of ether oxygens (including phenoxy) is 1. The van der Waals surface area contributed by atoms with Gasteiger partial charge in [-0.05, 0) is 38.0 Å². The minimum absolute atomic E-state index is 0.193. The molecule has 0 aromatic heterocycles. The van der Waals surface area contributed by atoms with Crippen molar-refractivity contribution in [1.82, 2.24) is 20.4 Å². The molecule has 152 valence electrons. The number of nitrogens with zero attached hydrogens (tertiary/aromatic N) is 2. The number of rotatable bonds is 8. The van der Waals surface area contributed by atoms with Crippen molar-refractivity contribution in [2.45, 2.75) is 51.6 Å². The molecule has 3 aliphatic rings. The monoisotopic (exact) mass is 380 g/mol. The normalized spacial score (nSPS) is 27.8. The van der Waals surface area contributed by atoms with E-state index in [-0.39, 0.29) is 30.3 Å². The summed E-state index contributed by atoms with van der Waals surface area (Å²) >= 11 is 0. The van der Waals surface area contributed by atoms with Gasteiger partial charge in [0.1, 0.15) is 12.1 Å². The van der Waals surface area contributed by atoms with E-state index in [1.54, 1.807) is 6.92 Å². The van der Waals surface area contributed by atoms with Crippen molar-refractivity contribution in [2.24, 2.45) is 11.8 Å².